The van der Waals surface area contributed by atoms with Crippen molar-refractivity contribution in [3.8, 4) is 0 Å². The predicted molar refractivity (Wildman–Crippen MR) is 105 cm³/mol. The van der Waals surface area contributed by atoms with Gasteiger partial charge in [0.2, 0.25) is 11.6 Å². The van der Waals surface area contributed by atoms with Gasteiger partial charge in [-0.1, -0.05) is 41.9 Å². The molecule has 1 aromatic heterocycles. The molecular weight excluding hydrogens is 366 g/mol. The van der Waals surface area contributed by atoms with E-state index in [1.807, 2.05) is 41.3 Å². The third-order valence-corrected chi connectivity index (χ3v) is 4.75. The van der Waals surface area contributed by atoms with Crippen molar-refractivity contribution in [2.24, 2.45) is 0 Å². The van der Waals surface area contributed by atoms with Crippen molar-refractivity contribution in [3.05, 3.63) is 81.1 Å². The van der Waals surface area contributed by atoms with Crippen LogP contribution in [-0.2, 0) is 13.0 Å². The standard InChI is InChI=1S/C19H16ClN5O2/c20-15-7-5-13(6-8-15)11-21-18-17(25(26)27)19(23-12-22-18)24-10-9-14-3-1-2-4-16(14)24/h1-8,12H,9-11H2,(H,21,22,23). The normalized spacial score (nSPS) is 12.7. The van der Waals surface area contributed by atoms with Crippen LogP contribution in [0.3, 0.4) is 0 Å². The van der Waals surface area contributed by atoms with Crippen molar-refractivity contribution in [1.82, 2.24) is 9.97 Å². The highest BCUT2D eigenvalue weighted by atomic mass is 35.5. The van der Waals surface area contributed by atoms with Crippen LogP contribution in [0.2, 0.25) is 5.02 Å². The number of anilines is 3. The van der Waals surface area contributed by atoms with Gasteiger partial charge in [0.1, 0.15) is 6.33 Å². The molecular formula is C19H16ClN5O2. The van der Waals surface area contributed by atoms with Crippen LogP contribution in [0.25, 0.3) is 0 Å². The quantitative estimate of drug-likeness (QED) is 0.522. The van der Waals surface area contributed by atoms with E-state index in [1.54, 1.807) is 12.1 Å². The second-order valence-corrected chi connectivity index (χ2v) is 6.60. The van der Waals surface area contributed by atoms with Crippen LogP contribution in [0, 0.1) is 10.1 Å². The third kappa shape index (κ3) is 3.41. The monoisotopic (exact) mass is 381 g/mol. The minimum Gasteiger partial charge on any atom is -0.360 e. The van der Waals surface area contributed by atoms with Gasteiger partial charge in [-0.25, -0.2) is 9.97 Å². The van der Waals surface area contributed by atoms with E-state index in [-0.39, 0.29) is 11.5 Å². The number of rotatable bonds is 5. The zero-order valence-electron chi connectivity index (χ0n) is 14.3. The molecule has 136 valence electrons. The summed E-state index contributed by atoms with van der Waals surface area (Å²) in [7, 11) is 0. The Morgan fingerprint density at radius 2 is 1.93 bits per heavy atom. The SMILES string of the molecule is O=[N+]([O-])c1c(NCc2ccc(Cl)cc2)ncnc1N1CCc2ccccc21. The van der Waals surface area contributed by atoms with E-state index in [2.05, 4.69) is 15.3 Å². The number of fused-ring (bicyclic) bond motifs is 1. The van der Waals surface area contributed by atoms with Gasteiger partial charge in [-0.15, -0.1) is 0 Å². The molecule has 0 atom stereocenters. The summed E-state index contributed by atoms with van der Waals surface area (Å²) < 4.78 is 0. The fourth-order valence-corrected chi connectivity index (χ4v) is 3.34. The molecule has 1 N–H and O–H groups in total. The summed E-state index contributed by atoms with van der Waals surface area (Å²) in [6.07, 6.45) is 2.18. The average molecular weight is 382 g/mol. The van der Waals surface area contributed by atoms with Crippen LogP contribution in [0.15, 0.2) is 54.9 Å². The summed E-state index contributed by atoms with van der Waals surface area (Å²) in [6.45, 7) is 1.04. The van der Waals surface area contributed by atoms with E-state index in [9.17, 15) is 10.1 Å². The Balaban J connectivity index is 1.67. The lowest BCUT2D eigenvalue weighted by Crippen LogP contribution is -2.18. The molecule has 8 heteroatoms. The summed E-state index contributed by atoms with van der Waals surface area (Å²) >= 11 is 5.89. The number of para-hydroxylation sites is 1. The molecule has 0 aliphatic carbocycles. The van der Waals surface area contributed by atoms with Gasteiger partial charge in [-0.3, -0.25) is 10.1 Å². The lowest BCUT2D eigenvalue weighted by molar-refractivity contribution is -0.383. The van der Waals surface area contributed by atoms with Crippen LogP contribution < -0.4 is 10.2 Å². The van der Waals surface area contributed by atoms with Gasteiger partial charge in [0, 0.05) is 23.8 Å². The maximum atomic E-state index is 11.8. The summed E-state index contributed by atoms with van der Waals surface area (Å²) in [5.74, 6) is 0.503. The fourth-order valence-electron chi connectivity index (χ4n) is 3.21. The number of nitrogens with zero attached hydrogens (tertiary/aromatic N) is 4. The van der Waals surface area contributed by atoms with Gasteiger partial charge in [-0.2, -0.15) is 0 Å². The minimum atomic E-state index is -0.430. The number of hydrogen-bond donors (Lipinski definition) is 1. The molecule has 4 rings (SSSR count). The first-order valence-corrected chi connectivity index (χ1v) is 8.84. The second kappa shape index (κ2) is 7.20. The van der Waals surface area contributed by atoms with E-state index >= 15 is 0 Å². The largest absolute Gasteiger partial charge is 0.360 e. The van der Waals surface area contributed by atoms with E-state index in [0.717, 1.165) is 23.2 Å². The van der Waals surface area contributed by atoms with Crippen LogP contribution in [0.5, 0.6) is 0 Å². The molecule has 0 amide bonds. The van der Waals surface area contributed by atoms with E-state index < -0.39 is 4.92 Å². The first kappa shape index (κ1) is 17.2. The Morgan fingerprint density at radius 3 is 2.70 bits per heavy atom. The maximum Gasteiger partial charge on any atom is 0.353 e. The van der Waals surface area contributed by atoms with Crippen molar-refractivity contribution in [3.63, 3.8) is 0 Å². The van der Waals surface area contributed by atoms with Crippen LogP contribution >= 0.6 is 11.6 Å². The summed E-state index contributed by atoms with van der Waals surface area (Å²) in [5.41, 5.74) is 2.92. The van der Waals surface area contributed by atoms with Gasteiger partial charge in [-0.05, 0) is 35.7 Å². The van der Waals surface area contributed by atoms with Crippen molar-refractivity contribution < 1.29 is 4.92 Å². The molecule has 2 heterocycles. The summed E-state index contributed by atoms with van der Waals surface area (Å²) in [6, 6.07) is 15.1. The number of nitrogens with one attached hydrogen (secondary N) is 1. The number of nitro groups is 1. The van der Waals surface area contributed by atoms with Gasteiger partial charge in [0.25, 0.3) is 0 Å². The Kier molecular flexibility index (Phi) is 4.60. The molecule has 0 fully saturated rings. The lowest BCUT2D eigenvalue weighted by Gasteiger charge is -2.19. The maximum absolute atomic E-state index is 11.8. The van der Waals surface area contributed by atoms with E-state index in [0.29, 0.717) is 23.9 Å². The number of halogens is 1. The van der Waals surface area contributed by atoms with Crippen molar-refractivity contribution in [2.45, 2.75) is 13.0 Å². The molecule has 1 aliphatic rings. The Bertz CT molecular complexity index is 994. The molecule has 1 aliphatic heterocycles. The highest BCUT2D eigenvalue weighted by Gasteiger charge is 2.31. The first-order valence-electron chi connectivity index (χ1n) is 8.46. The van der Waals surface area contributed by atoms with E-state index in [4.69, 9.17) is 11.6 Å². The molecule has 0 unspecified atom stereocenters. The Morgan fingerprint density at radius 1 is 1.15 bits per heavy atom. The molecule has 27 heavy (non-hydrogen) atoms. The Labute approximate surface area is 160 Å². The van der Waals surface area contributed by atoms with Crippen molar-refractivity contribution in [1.29, 1.82) is 0 Å². The molecule has 3 aromatic rings. The van der Waals surface area contributed by atoms with Crippen molar-refractivity contribution in [2.75, 3.05) is 16.8 Å². The fraction of sp³-hybridized carbons (Fsp3) is 0.158. The number of hydrogen-bond acceptors (Lipinski definition) is 6. The summed E-state index contributed by atoms with van der Waals surface area (Å²) in [4.78, 5) is 21.6. The number of benzene rings is 2. The molecule has 0 radical (unpaired) electrons. The first-order chi connectivity index (χ1) is 13.1. The molecule has 0 spiro atoms. The zero-order chi connectivity index (χ0) is 18.8. The van der Waals surface area contributed by atoms with Gasteiger partial charge in [0.05, 0.1) is 4.92 Å². The number of aromatic nitrogens is 2. The predicted octanol–water partition coefficient (Wildman–Crippen LogP) is 4.34. The van der Waals surface area contributed by atoms with E-state index in [1.165, 1.54) is 6.33 Å². The van der Waals surface area contributed by atoms with Crippen molar-refractivity contribution >= 4 is 34.6 Å². The average Bonchev–Trinajstić information content (AvgIpc) is 3.11. The van der Waals surface area contributed by atoms with Crippen LogP contribution in [0.1, 0.15) is 11.1 Å². The van der Waals surface area contributed by atoms with Crippen LogP contribution in [0.4, 0.5) is 23.0 Å². The van der Waals surface area contributed by atoms with Crippen LogP contribution in [-0.4, -0.2) is 21.4 Å². The molecule has 0 bridgehead atoms. The lowest BCUT2D eigenvalue weighted by atomic mass is 10.2. The highest BCUT2D eigenvalue weighted by Crippen LogP contribution is 2.40. The Hall–Kier alpha value is -3.19. The minimum absolute atomic E-state index is 0.122. The van der Waals surface area contributed by atoms with Gasteiger partial charge < -0.3 is 10.2 Å². The molecule has 2 aromatic carbocycles. The third-order valence-electron chi connectivity index (χ3n) is 4.50. The van der Waals surface area contributed by atoms with Gasteiger partial charge in [0.15, 0.2) is 0 Å². The molecule has 0 saturated carbocycles. The molecule has 7 nitrogen and oxygen atoms in total. The summed E-state index contributed by atoms with van der Waals surface area (Å²) in [5, 5.41) is 15.5. The highest BCUT2D eigenvalue weighted by molar-refractivity contribution is 6.30. The smallest absolute Gasteiger partial charge is 0.353 e. The molecule has 0 saturated heterocycles. The topological polar surface area (TPSA) is 84.2 Å². The second-order valence-electron chi connectivity index (χ2n) is 6.16. The van der Waals surface area contributed by atoms with Gasteiger partial charge >= 0.3 is 5.69 Å². The zero-order valence-corrected chi connectivity index (χ0v) is 15.1.